The van der Waals surface area contributed by atoms with Gasteiger partial charge in [-0.15, -0.1) is 0 Å². The Labute approximate surface area is 146 Å². The first-order chi connectivity index (χ1) is 12.3. The zero-order valence-corrected chi connectivity index (χ0v) is 14.0. The predicted molar refractivity (Wildman–Crippen MR) is 101 cm³/mol. The van der Waals surface area contributed by atoms with Gasteiger partial charge >= 0.3 is 0 Å². The van der Waals surface area contributed by atoms with Crippen LogP contribution in [0.25, 0.3) is 33.3 Å². The third kappa shape index (κ3) is 2.90. The highest BCUT2D eigenvalue weighted by atomic mass is 16.3. The summed E-state index contributed by atoms with van der Waals surface area (Å²) >= 11 is 0. The summed E-state index contributed by atoms with van der Waals surface area (Å²) in [4.78, 5) is 9.19. The molecule has 0 unspecified atom stereocenters. The number of benzene rings is 2. The van der Waals surface area contributed by atoms with E-state index in [0.717, 1.165) is 33.3 Å². The SMILES string of the molecule is Cc1ccc(-c2nc3ccnc(CO)c3cc2-c2ccccc2)cc1. The molecule has 0 aliphatic heterocycles. The maximum Gasteiger partial charge on any atom is 0.0859 e. The number of nitrogens with zero attached hydrogens (tertiary/aromatic N) is 2. The molecule has 0 aliphatic carbocycles. The largest absolute Gasteiger partial charge is 0.390 e. The highest BCUT2D eigenvalue weighted by Gasteiger charge is 2.13. The van der Waals surface area contributed by atoms with Crippen LogP contribution in [0.15, 0.2) is 72.9 Å². The second kappa shape index (κ2) is 6.46. The van der Waals surface area contributed by atoms with Gasteiger partial charge in [0.05, 0.1) is 23.5 Å². The minimum Gasteiger partial charge on any atom is -0.390 e. The van der Waals surface area contributed by atoms with Crippen molar-refractivity contribution in [2.45, 2.75) is 13.5 Å². The summed E-state index contributed by atoms with van der Waals surface area (Å²) in [7, 11) is 0. The molecule has 0 amide bonds. The number of fused-ring (bicyclic) bond motifs is 1. The lowest BCUT2D eigenvalue weighted by molar-refractivity contribution is 0.278. The number of aliphatic hydroxyl groups excluding tert-OH is 1. The number of hydrogen-bond acceptors (Lipinski definition) is 3. The first-order valence-electron chi connectivity index (χ1n) is 8.28. The maximum atomic E-state index is 9.62. The summed E-state index contributed by atoms with van der Waals surface area (Å²) in [5, 5.41) is 10.5. The third-order valence-electron chi connectivity index (χ3n) is 4.39. The van der Waals surface area contributed by atoms with E-state index in [0.29, 0.717) is 5.69 Å². The Morgan fingerprint density at radius 2 is 1.64 bits per heavy atom. The number of pyridine rings is 2. The molecular weight excluding hydrogens is 308 g/mol. The molecule has 2 heterocycles. The van der Waals surface area contributed by atoms with Crippen LogP contribution in [0.5, 0.6) is 0 Å². The molecule has 122 valence electrons. The number of aryl methyl sites for hydroxylation is 1. The Balaban J connectivity index is 2.04. The van der Waals surface area contributed by atoms with Crippen molar-refractivity contribution in [3.8, 4) is 22.4 Å². The average Bonchev–Trinajstić information content (AvgIpc) is 2.68. The first-order valence-corrected chi connectivity index (χ1v) is 8.28. The molecule has 1 N–H and O–H groups in total. The molecule has 0 bridgehead atoms. The number of aliphatic hydroxyl groups is 1. The van der Waals surface area contributed by atoms with Gasteiger partial charge in [0.1, 0.15) is 0 Å². The van der Waals surface area contributed by atoms with E-state index in [1.165, 1.54) is 5.56 Å². The molecule has 0 radical (unpaired) electrons. The molecule has 4 rings (SSSR count). The zero-order chi connectivity index (χ0) is 17.2. The van der Waals surface area contributed by atoms with Crippen molar-refractivity contribution >= 4 is 10.9 Å². The monoisotopic (exact) mass is 326 g/mol. The molecule has 0 saturated carbocycles. The lowest BCUT2D eigenvalue weighted by Crippen LogP contribution is -1.96. The molecule has 0 atom stereocenters. The molecule has 0 fully saturated rings. The van der Waals surface area contributed by atoms with E-state index in [1.54, 1.807) is 6.20 Å². The van der Waals surface area contributed by atoms with Crippen LogP contribution in [0.3, 0.4) is 0 Å². The lowest BCUT2D eigenvalue weighted by Gasteiger charge is -2.13. The smallest absolute Gasteiger partial charge is 0.0859 e. The highest BCUT2D eigenvalue weighted by Crippen LogP contribution is 2.34. The van der Waals surface area contributed by atoms with Gasteiger partial charge in [-0.1, -0.05) is 60.2 Å². The van der Waals surface area contributed by atoms with Crippen LogP contribution in [0.4, 0.5) is 0 Å². The van der Waals surface area contributed by atoms with Crippen molar-refractivity contribution in [2.24, 2.45) is 0 Å². The average molecular weight is 326 g/mol. The number of aromatic nitrogens is 2. The highest BCUT2D eigenvalue weighted by molar-refractivity contribution is 5.92. The molecule has 3 nitrogen and oxygen atoms in total. The summed E-state index contributed by atoms with van der Waals surface area (Å²) in [6.45, 7) is 1.98. The van der Waals surface area contributed by atoms with Gasteiger partial charge in [-0.3, -0.25) is 4.98 Å². The van der Waals surface area contributed by atoms with Crippen LogP contribution in [0.2, 0.25) is 0 Å². The van der Waals surface area contributed by atoms with Crippen molar-refractivity contribution in [3.05, 3.63) is 84.2 Å². The third-order valence-corrected chi connectivity index (χ3v) is 4.39. The lowest BCUT2D eigenvalue weighted by atomic mass is 9.97. The van der Waals surface area contributed by atoms with Crippen LogP contribution < -0.4 is 0 Å². The maximum absolute atomic E-state index is 9.62. The van der Waals surface area contributed by atoms with E-state index in [4.69, 9.17) is 4.98 Å². The summed E-state index contributed by atoms with van der Waals surface area (Å²) in [5.74, 6) is 0. The van der Waals surface area contributed by atoms with Gasteiger partial charge in [0.15, 0.2) is 0 Å². The van der Waals surface area contributed by atoms with Gasteiger partial charge < -0.3 is 5.11 Å². The molecule has 2 aromatic carbocycles. The molecule has 4 aromatic rings. The van der Waals surface area contributed by atoms with Crippen molar-refractivity contribution in [1.82, 2.24) is 9.97 Å². The molecule has 0 saturated heterocycles. The summed E-state index contributed by atoms with van der Waals surface area (Å²) in [6, 6.07) is 22.6. The molecule has 25 heavy (non-hydrogen) atoms. The molecule has 2 aromatic heterocycles. The predicted octanol–water partition coefficient (Wildman–Crippen LogP) is 4.76. The standard InChI is InChI=1S/C22H18N2O/c1-15-7-9-17(10-8-15)22-18(16-5-3-2-4-6-16)13-19-20(24-22)11-12-23-21(19)14-25/h2-13,25H,14H2,1H3. The Morgan fingerprint density at radius 3 is 2.36 bits per heavy atom. The fourth-order valence-corrected chi connectivity index (χ4v) is 3.05. The molecule has 0 spiro atoms. The summed E-state index contributed by atoms with van der Waals surface area (Å²) in [6.07, 6.45) is 1.70. The van der Waals surface area contributed by atoms with Gasteiger partial charge in [-0.2, -0.15) is 0 Å². The van der Waals surface area contributed by atoms with Crippen LogP contribution in [0.1, 0.15) is 11.3 Å². The van der Waals surface area contributed by atoms with Gasteiger partial charge in [0.25, 0.3) is 0 Å². The van der Waals surface area contributed by atoms with Crippen LogP contribution >= 0.6 is 0 Å². The van der Waals surface area contributed by atoms with Gasteiger partial charge in [-0.05, 0) is 24.6 Å². The van der Waals surface area contributed by atoms with Crippen molar-refractivity contribution in [3.63, 3.8) is 0 Å². The summed E-state index contributed by atoms with van der Waals surface area (Å²) in [5.41, 5.74) is 6.87. The Bertz CT molecular complexity index is 1030. The second-order valence-corrected chi connectivity index (χ2v) is 6.10. The zero-order valence-electron chi connectivity index (χ0n) is 14.0. The van der Waals surface area contributed by atoms with E-state index in [2.05, 4.69) is 54.4 Å². The minimum atomic E-state index is -0.100. The van der Waals surface area contributed by atoms with Crippen LogP contribution in [0, 0.1) is 6.92 Å². The second-order valence-electron chi connectivity index (χ2n) is 6.10. The van der Waals surface area contributed by atoms with Crippen LogP contribution in [-0.4, -0.2) is 15.1 Å². The van der Waals surface area contributed by atoms with E-state index in [-0.39, 0.29) is 6.61 Å². The number of hydrogen-bond donors (Lipinski definition) is 1. The fraction of sp³-hybridized carbons (Fsp3) is 0.0909. The fourth-order valence-electron chi connectivity index (χ4n) is 3.05. The van der Waals surface area contributed by atoms with Gasteiger partial charge in [0.2, 0.25) is 0 Å². The minimum absolute atomic E-state index is 0.100. The van der Waals surface area contributed by atoms with E-state index in [1.807, 2.05) is 24.3 Å². The summed E-state index contributed by atoms with van der Waals surface area (Å²) < 4.78 is 0. The molecule has 0 aliphatic rings. The van der Waals surface area contributed by atoms with Crippen molar-refractivity contribution in [1.29, 1.82) is 0 Å². The Kier molecular flexibility index (Phi) is 4.00. The Morgan fingerprint density at radius 1 is 0.880 bits per heavy atom. The van der Waals surface area contributed by atoms with Gasteiger partial charge in [0, 0.05) is 22.7 Å². The quantitative estimate of drug-likeness (QED) is 0.590. The van der Waals surface area contributed by atoms with Crippen molar-refractivity contribution < 1.29 is 5.11 Å². The molecule has 3 heteroatoms. The first kappa shape index (κ1) is 15.5. The van der Waals surface area contributed by atoms with E-state index in [9.17, 15) is 5.11 Å². The number of rotatable bonds is 3. The normalized spacial score (nSPS) is 11.0. The van der Waals surface area contributed by atoms with Gasteiger partial charge in [-0.25, -0.2) is 4.98 Å². The Hall–Kier alpha value is -3.04. The topological polar surface area (TPSA) is 46.0 Å². The van der Waals surface area contributed by atoms with Crippen molar-refractivity contribution in [2.75, 3.05) is 0 Å². The van der Waals surface area contributed by atoms with Crippen LogP contribution in [-0.2, 0) is 6.61 Å². The molecular formula is C22H18N2O. The van der Waals surface area contributed by atoms with E-state index >= 15 is 0 Å². The van der Waals surface area contributed by atoms with E-state index < -0.39 is 0 Å².